The lowest BCUT2D eigenvalue weighted by Gasteiger charge is -2.30. The van der Waals surface area contributed by atoms with Crippen LogP contribution in [0.1, 0.15) is 38.2 Å². The zero-order valence-corrected chi connectivity index (χ0v) is 14.3. The van der Waals surface area contributed by atoms with Crippen molar-refractivity contribution in [2.45, 2.75) is 38.6 Å². The molecule has 0 bridgehead atoms. The van der Waals surface area contributed by atoms with Gasteiger partial charge >= 0.3 is 0 Å². The van der Waals surface area contributed by atoms with Gasteiger partial charge < -0.3 is 15.0 Å². The number of carbonyl (C=O) groups excluding carboxylic acids is 1. The van der Waals surface area contributed by atoms with E-state index in [9.17, 15) is 4.79 Å². The number of nitrogens with one attached hydrogen (secondary N) is 2. The van der Waals surface area contributed by atoms with Gasteiger partial charge in [-0.3, -0.25) is 4.79 Å². The maximum absolute atomic E-state index is 11.9. The van der Waals surface area contributed by atoms with Gasteiger partial charge in [-0.2, -0.15) is 0 Å². The summed E-state index contributed by atoms with van der Waals surface area (Å²) in [5.74, 6) is 0.733. The first-order valence-corrected chi connectivity index (χ1v) is 8.64. The summed E-state index contributed by atoms with van der Waals surface area (Å²) in [6.07, 6.45) is 8.46. The number of amides is 1. The van der Waals surface area contributed by atoms with Crippen LogP contribution >= 0.6 is 0 Å². The number of quaternary nitrogens is 1. The van der Waals surface area contributed by atoms with Gasteiger partial charge in [0.2, 0.25) is 5.91 Å². The topological polar surface area (TPSA) is 42.8 Å². The lowest BCUT2D eigenvalue weighted by molar-refractivity contribution is -0.928. The van der Waals surface area contributed by atoms with E-state index in [4.69, 9.17) is 4.74 Å². The van der Waals surface area contributed by atoms with Crippen LogP contribution in [0.2, 0.25) is 0 Å². The molecule has 4 nitrogen and oxygen atoms in total. The second kappa shape index (κ2) is 9.36. The molecule has 2 atom stereocenters. The molecule has 1 heterocycles. The first kappa shape index (κ1) is 17.5. The largest absolute Gasteiger partial charge is 0.496 e. The van der Waals surface area contributed by atoms with Crippen molar-refractivity contribution < 1.29 is 14.4 Å². The third-order valence-electron chi connectivity index (χ3n) is 4.61. The Balaban J connectivity index is 1.69. The Labute approximate surface area is 139 Å². The Kier molecular flexibility index (Phi) is 7.14. The minimum atomic E-state index is -0.0439. The monoisotopic (exact) mass is 317 g/mol. The molecule has 126 valence electrons. The van der Waals surface area contributed by atoms with Crippen molar-refractivity contribution in [2.24, 2.45) is 0 Å². The van der Waals surface area contributed by atoms with Crippen LogP contribution < -0.4 is 15.0 Å². The number of piperidine rings is 1. The van der Waals surface area contributed by atoms with Crippen LogP contribution in [0.15, 0.2) is 30.3 Å². The van der Waals surface area contributed by atoms with Crippen molar-refractivity contribution in [1.29, 1.82) is 0 Å². The second-order valence-corrected chi connectivity index (χ2v) is 6.27. The average molecular weight is 317 g/mol. The zero-order valence-electron chi connectivity index (χ0n) is 14.3. The molecule has 1 aliphatic heterocycles. The normalized spacial score (nSPS) is 21.3. The standard InChI is InChI=1S/C19H28N2O2/c1-16-8-5-6-14-21(16)15-7-13-20-19(22)12-11-17-9-3-4-10-18(17)23-2/h3-4,9-12,16H,5-8,13-15H2,1-2H3,(H,20,22)/p+1/b12-11+/t16-/m1/s1. The summed E-state index contributed by atoms with van der Waals surface area (Å²) in [6, 6.07) is 8.44. The predicted octanol–water partition coefficient (Wildman–Crippen LogP) is 1.67. The van der Waals surface area contributed by atoms with E-state index in [-0.39, 0.29) is 5.91 Å². The summed E-state index contributed by atoms with van der Waals surface area (Å²) >= 11 is 0. The van der Waals surface area contributed by atoms with Crippen molar-refractivity contribution in [3.8, 4) is 5.75 Å². The molecule has 1 fully saturated rings. The molecule has 0 radical (unpaired) electrons. The van der Waals surface area contributed by atoms with Gasteiger partial charge in [0, 0.05) is 24.6 Å². The van der Waals surface area contributed by atoms with Crippen LogP contribution in [0.5, 0.6) is 5.75 Å². The molecule has 0 spiro atoms. The number of hydrogen-bond acceptors (Lipinski definition) is 2. The van der Waals surface area contributed by atoms with Crippen molar-refractivity contribution in [3.05, 3.63) is 35.9 Å². The quantitative estimate of drug-likeness (QED) is 0.593. The van der Waals surface area contributed by atoms with Crippen molar-refractivity contribution >= 4 is 12.0 Å². The van der Waals surface area contributed by atoms with Crippen molar-refractivity contribution in [1.82, 2.24) is 5.32 Å². The molecule has 2 N–H and O–H groups in total. The maximum atomic E-state index is 11.9. The fourth-order valence-electron chi connectivity index (χ4n) is 3.18. The summed E-state index contributed by atoms with van der Waals surface area (Å²) < 4.78 is 5.27. The van der Waals surface area contributed by atoms with Crippen LogP contribution in [-0.2, 0) is 4.79 Å². The van der Waals surface area contributed by atoms with Gasteiger partial charge in [-0.05, 0) is 38.3 Å². The van der Waals surface area contributed by atoms with Crippen LogP contribution in [0.4, 0.5) is 0 Å². The first-order chi connectivity index (χ1) is 11.2. The Hall–Kier alpha value is -1.81. The van der Waals surface area contributed by atoms with Gasteiger partial charge in [0.15, 0.2) is 0 Å². The molecular weight excluding hydrogens is 288 g/mol. The van der Waals surface area contributed by atoms with Gasteiger partial charge in [-0.15, -0.1) is 0 Å². The second-order valence-electron chi connectivity index (χ2n) is 6.27. The molecule has 1 aromatic rings. The number of rotatable bonds is 7. The van der Waals surface area contributed by atoms with Gasteiger partial charge in [0.1, 0.15) is 5.75 Å². The molecular formula is C19H29N2O2+. The molecule has 0 aliphatic carbocycles. The highest BCUT2D eigenvalue weighted by molar-refractivity contribution is 5.92. The number of ether oxygens (including phenoxy) is 1. The molecule has 1 unspecified atom stereocenters. The van der Waals surface area contributed by atoms with Gasteiger partial charge in [0.05, 0.1) is 26.2 Å². The van der Waals surface area contributed by atoms with Gasteiger partial charge in [-0.25, -0.2) is 0 Å². The molecule has 1 aromatic carbocycles. The Bertz CT molecular complexity index is 528. The number of para-hydroxylation sites is 1. The molecule has 1 amide bonds. The highest BCUT2D eigenvalue weighted by Crippen LogP contribution is 2.18. The molecule has 2 rings (SSSR count). The third-order valence-corrected chi connectivity index (χ3v) is 4.61. The van der Waals surface area contributed by atoms with Crippen LogP contribution in [0.3, 0.4) is 0 Å². The van der Waals surface area contributed by atoms with E-state index in [1.54, 1.807) is 24.2 Å². The minimum absolute atomic E-state index is 0.0439. The molecule has 4 heteroatoms. The van der Waals surface area contributed by atoms with Crippen molar-refractivity contribution in [2.75, 3.05) is 26.7 Å². The van der Waals surface area contributed by atoms with Crippen LogP contribution in [-0.4, -0.2) is 38.7 Å². The summed E-state index contributed by atoms with van der Waals surface area (Å²) in [5, 5.41) is 2.96. The molecule has 1 saturated heterocycles. The number of likely N-dealkylation sites (tertiary alicyclic amines) is 1. The van der Waals surface area contributed by atoms with E-state index in [0.717, 1.165) is 36.9 Å². The Morgan fingerprint density at radius 2 is 2.22 bits per heavy atom. The summed E-state index contributed by atoms with van der Waals surface area (Å²) in [4.78, 5) is 13.6. The minimum Gasteiger partial charge on any atom is -0.496 e. The zero-order chi connectivity index (χ0) is 16.5. The van der Waals surface area contributed by atoms with Crippen molar-refractivity contribution in [3.63, 3.8) is 0 Å². The van der Waals surface area contributed by atoms with E-state index in [0.29, 0.717) is 0 Å². The smallest absolute Gasteiger partial charge is 0.244 e. The number of methoxy groups -OCH3 is 1. The Morgan fingerprint density at radius 1 is 1.39 bits per heavy atom. The van der Waals surface area contributed by atoms with E-state index in [2.05, 4.69) is 12.2 Å². The highest BCUT2D eigenvalue weighted by atomic mass is 16.5. The van der Waals surface area contributed by atoms with Gasteiger partial charge in [0.25, 0.3) is 0 Å². The third kappa shape index (κ3) is 5.71. The van der Waals surface area contributed by atoms with Crippen LogP contribution in [0.25, 0.3) is 6.08 Å². The summed E-state index contributed by atoms with van der Waals surface area (Å²) in [7, 11) is 1.64. The van der Waals surface area contributed by atoms with E-state index in [1.807, 2.05) is 24.3 Å². The Morgan fingerprint density at radius 3 is 3.00 bits per heavy atom. The number of hydrogen-bond donors (Lipinski definition) is 2. The van der Waals surface area contributed by atoms with Gasteiger partial charge in [-0.1, -0.05) is 18.2 Å². The molecule has 23 heavy (non-hydrogen) atoms. The highest BCUT2D eigenvalue weighted by Gasteiger charge is 2.20. The molecule has 0 saturated carbocycles. The van der Waals surface area contributed by atoms with E-state index in [1.165, 1.54) is 25.8 Å². The fourth-order valence-corrected chi connectivity index (χ4v) is 3.18. The van der Waals surface area contributed by atoms with E-state index < -0.39 is 0 Å². The lowest BCUT2D eigenvalue weighted by atomic mass is 10.0. The predicted molar refractivity (Wildman–Crippen MR) is 93.7 cm³/mol. The summed E-state index contributed by atoms with van der Waals surface area (Å²) in [5.41, 5.74) is 0.914. The van der Waals surface area contributed by atoms with Crippen LogP contribution in [0, 0.1) is 0 Å². The molecule has 1 aliphatic rings. The number of carbonyl (C=O) groups is 1. The first-order valence-electron chi connectivity index (χ1n) is 8.64. The maximum Gasteiger partial charge on any atom is 0.244 e. The number of benzene rings is 1. The van der Waals surface area contributed by atoms with E-state index >= 15 is 0 Å². The fraction of sp³-hybridized carbons (Fsp3) is 0.526. The SMILES string of the molecule is COc1ccccc1/C=C/C(=O)NCCC[NH+]1CCCC[C@H]1C. The summed E-state index contributed by atoms with van der Waals surface area (Å²) in [6.45, 7) is 5.51. The lowest BCUT2D eigenvalue weighted by Crippen LogP contribution is -3.16. The average Bonchev–Trinajstić information content (AvgIpc) is 2.58. The molecule has 0 aromatic heterocycles.